The summed E-state index contributed by atoms with van der Waals surface area (Å²) < 4.78 is 0. The van der Waals surface area contributed by atoms with Gasteiger partial charge in [-0.15, -0.1) is 11.3 Å². The summed E-state index contributed by atoms with van der Waals surface area (Å²) in [7, 11) is 0. The highest BCUT2D eigenvalue weighted by atomic mass is 32.1. The molecule has 0 radical (unpaired) electrons. The standard InChI is InChI=1S/C18H17N3OS/c1-12-8-10-14(11-9-12)16-13(2)23-18(19-16)21-20-17(22)15-6-4-3-5-7-15/h3-11H,1-2H3,(H,19,21)(H,20,22). The third kappa shape index (κ3) is 3.57. The van der Waals surface area contributed by atoms with Crippen LogP contribution in [0.1, 0.15) is 20.8 Å². The van der Waals surface area contributed by atoms with Crippen LogP contribution in [0.5, 0.6) is 0 Å². The number of aryl methyl sites for hydroxylation is 2. The third-order valence-electron chi connectivity index (χ3n) is 3.44. The minimum atomic E-state index is -0.185. The van der Waals surface area contributed by atoms with Gasteiger partial charge >= 0.3 is 0 Å². The molecule has 0 atom stereocenters. The largest absolute Gasteiger partial charge is 0.273 e. The molecule has 1 heterocycles. The summed E-state index contributed by atoms with van der Waals surface area (Å²) in [6.45, 7) is 4.08. The molecule has 0 saturated heterocycles. The number of nitrogens with one attached hydrogen (secondary N) is 2. The van der Waals surface area contributed by atoms with Gasteiger partial charge < -0.3 is 0 Å². The molecule has 3 rings (SSSR count). The lowest BCUT2D eigenvalue weighted by molar-refractivity contribution is 0.0962. The second kappa shape index (κ2) is 6.62. The molecular weight excluding hydrogens is 306 g/mol. The maximum absolute atomic E-state index is 12.0. The van der Waals surface area contributed by atoms with Gasteiger partial charge in [0.25, 0.3) is 5.91 Å². The SMILES string of the molecule is Cc1ccc(-c2nc(NNC(=O)c3ccccc3)sc2C)cc1. The fourth-order valence-electron chi connectivity index (χ4n) is 2.20. The van der Waals surface area contributed by atoms with Crippen molar-refractivity contribution in [2.24, 2.45) is 0 Å². The number of hydrogen-bond donors (Lipinski definition) is 2. The molecule has 0 unspecified atom stereocenters. The smallest absolute Gasteiger partial charge is 0.269 e. The number of anilines is 1. The molecule has 1 aromatic heterocycles. The molecule has 2 N–H and O–H groups in total. The van der Waals surface area contributed by atoms with E-state index in [1.165, 1.54) is 16.9 Å². The number of carbonyl (C=O) groups is 1. The molecular formula is C18H17N3OS. The third-order valence-corrected chi connectivity index (χ3v) is 4.33. The minimum absolute atomic E-state index is 0.185. The Labute approximate surface area is 139 Å². The van der Waals surface area contributed by atoms with Crippen LogP contribution < -0.4 is 10.9 Å². The van der Waals surface area contributed by atoms with E-state index in [9.17, 15) is 4.79 Å². The molecule has 0 fully saturated rings. The molecule has 4 nitrogen and oxygen atoms in total. The maximum Gasteiger partial charge on any atom is 0.269 e. The van der Waals surface area contributed by atoms with Crippen molar-refractivity contribution < 1.29 is 4.79 Å². The van der Waals surface area contributed by atoms with Crippen LogP contribution in [0.4, 0.5) is 5.13 Å². The first-order valence-electron chi connectivity index (χ1n) is 7.29. The number of hydrazine groups is 1. The van der Waals surface area contributed by atoms with Gasteiger partial charge in [-0.1, -0.05) is 48.0 Å². The van der Waals surface area contributed by atoms with E-state index in [1.54, 1.807) is 12.1 Å². The highest BCUT2D eigenvalue weighted by Crippen LogP contribution is 2.30. The van der Waals surface area contributed by atoms with E-state index in [4.69, 9.17) is 0 Å². The number of carbonyl (C=O) groups excluding carboxylic acids is 1. The Morgan fingerprint density at radius 1 is 1.00 bits per heavy atom. The van der Waals surface area contributed by atoms with Gasteiger partial charge in [0, 0.05) is 16.0 Å². The minimum Gasteiger partial charge on any atom is -0.273 e. The Morgan fingerprint density at radius 2 is 1.70 bits per heavy atom. The van der Waals surface area contributed by atoms with Crippen LogP contribution >= 0.6 is 11.3 Å². The normalized spacial score (nSPS) is 10.3. The lowest BCUT2D eigenvalue weighted by Gasteiger charge is -2.05. The van der Waals surface area contributed by atoms with Crippen molar-refractivity contribution >= 4 is 22.4 Å². The number of thiazole rings is 1. The van der Waals surface area contributed by atoms with E-state index < -0.39 is 0 Å². The summed E-state index contributed by atoms with van der Waals surface area (Å²) in [4.78, 5) is 17.7. The zero-order valence-corrected chi connectivity index (χ0v) is 13.8. The molecule has 0 aliphatic rings. The van der Waals surface area contributed by atoms with Crippen LogP contribution in [-0.2, 0) is 0 Å². The van der Waals surface area contributed by atoms with Crippen LogP contribution in [-0.4, -0.2) is 10.9 Å². The van der Waals surface area contributed by atoms with Crippen molar-refractivity contribution in [2.45, 2.75) is 13.8 Å². The van der Waals surface area contributed by atoms with Crippen molar-refractivity contribution in [1.82, 2.24) is 10.4 Å². The Balaban J connectivity index is 1.71. The molecule has 5 heteroatoms. The van der Waals surface area contributed by atoms with E-state index in [-0.39, 0.29) is 5.91 Å². The van der Waals surface area contributed by atoms with Crippen molar-refractivity contribution in [3.8, 4) is 11.3 Å². The first kappa shape index (κ1) is 15.2. The quantitative estimate of drug-likeness (QED) is 0.708. The lowest BCUT2D eigenvalue weighted by atomic mass is 10.1. The van der Waals surface area contributed by atoms with Gasteiger partial charge in [0.2, 0.25) is 5.13 Å². The molecule has 0 bridgehead atoms. The van der Waals surface area contributed by atoms with Gasteiger partial charge in [-0.3, -0.25) is 15.6 Å². The zero-order chi connectivity index (χ0) is 16.2. The van der Waals surface area contributed by atoms with Crippen LogP contribution in [0.3, 0.4) is 0 Å². The molecule has 116 valence electrons. The molecule has 0 aliphatic heterocycles. The predicted molar refractivity (Wildman–Crippen MR) is 94.6 cm³/mol. The highest BCUT2D eigenvalue weighted by molar-refractivity contribution is 7.16. The molecule has 1 amide bonds. The first-order chi connectivity index (χ1) is 11.1. The van der Waals surface area contributed by atoms with Crippen molar-refractivity contribution in [1.29, 1.82) is 0 Å². The summed E-state index contributed by atoms with van der Waals surface area (Å²) in [5, 5.41) is 0.669. The van der Waals surface area contributed by atoms with E-state index in [1.807, 2.05) is 25.1 Å². The zero-order valence-electron chi connectivity index (χ0n) is 13.0. The second-order valence-corrected chi connectivity index (χ2v) is 6.44. The molecule has 0 aliphatic carbocycles. The maximum atomic E-state index is 12.0. The average Bonchev–Trinajstić information content (AvgIpc) is 2.95. The van der Waals surface area contributed by atoms with Crippen molar-refractivity contribution in [3.05, 3.63) is 70.6 Å². The average molecular weight is 323 g/mol. The number of rotatable bonds is 4. The van der Waals surface area contributed by atoms with Gasteiger partial charge in [0.1, 0.15) is 0 Å². The van der Waals surface area contributed by atoms with Gasteiger partial charge in [0.15, 0.2) is 0 Å². The molecule has 23 heavy (non-hydrogen) atoms. The number of nitrogens with zero attached hydrogens (tertiary/aromatic N) is 1. The lowest BCUT2D eigenvalue weighted by Crippen LogP contribution is -2.29. The van der Waals surface area contributed by atoms with Crippen molar-refractivity contribution in [3.63, 3.8) is 0 Å². The Hall–Kier alpha value is -2.66. The van der Waals surface area contributed by atoms with Crippen molar-refractivity contribution in [2.75, 3.05) is 5.43 Å². The van der Waals surface area contributed by atoms with Crippen LogP contribution in [0, 0.1) is 13.8 Å². The predicted octanol–water partition coefficient (Wildman–Crippen LogP) is 4.18. The summed E-state index contributed by atoms with van der Waals surface area (Å²) in [6, 6.07) is 17.3. The van der Waals surface area contributed by atoms with Crippen LogP contribution in [0.15, 0.2) is 54.6 Å². The van der Waals surface area contributed by atoms with Gasteiger partial charge in [-0.05, 0) is 26.0 Å². The fraction of sp³-hybridized carbons (Fsp3) is 0.111. The van der Waals surface area contributed by atoms with E-state index in [0.29, 0.717) is 10.7 Å². The number of benzene rings is 2. The Bertz CT molecular complexity index is 810. The van der Waals surface area contributed by atoms with Gasteiger partial charge in [-0.25, -0.2) is 4.98 Å². The van der Waals surface area contributed by atoms with Crippen LogP contribution in [0.25, 0.3) is 11.3 Å². The molecule has 3 aromatic rings. The van der Waals surface area contributed by atoms with Crippen LogP contribution in [0.2, 0.25) is 0 Å². The summed E-state index contributed by atoms with van der Waals surface area (Å²) >= 11 is 1.51. The summed E-state index contributed by atoms with van der Waals surface area (Å²) in [5.74, 6) is -0.185. The summed E-state index contributed by atoms with van der Waals surface area (Å²) in [6.07, 6.45) is 0. The molecule has 2 aromatic carbocycles. The molecule has 0 spiro atoms. The highest BCUT2D eigenvalue weighted by Gasteiger charge is 2.11. The monoisotopic (exact) mass is 323 g/mol. The van der Waals surface area contributed by atoms with E-state index in [0.717, 1.165) is 16.1 Å². The summed E-state index contributed by atoms with van der Waals surface area (Å²) in [5.41, 5.74) is 9.40. The second-order valence-electron chi connectivity index (χ2n) is 5.23. The number of aromatic nitrogens is 1. The number of hydrogen-bond acceptors (Lipinski definition) is 4. The fourth-order valence-corrected chi connectivity index (χ4v) is 2.99. The van der Waals surface area contributed by atoms with E-state index >= 15 is 0 Å². The molecule has 0 saturated carbocycles. The van der Waals surface area contributed by atoms with E-state index in [2.05, 4.69) is 47.0 Å². The Kier molecular flexibility index (Phi) is 4.39. The van der Waals surface area contributed by atoms with Gasteiger partial charge in [0.05, 0.1) is 5.69 Å². The number of amides is 1. The van der Waals surface area contributed by atoms with Gasteiger partial charge in [-0.2, -0.15) is 0 Å². The topological polar surface area (TPSA) is 54.0 Å². The Morgan fingerprint density at radius 3 is 2.39 bits per heavy atom. The first-order valence-corrected chi connectivity index (χ1v) is 8.11.